The molecule has 6 heteroatoms. The zero-order chi connectivity index (χ0) is 23.0. The Hall–Kier alpha value is -3.69. The van der Waals surface area contributed by atoms with E-state index in [2.05, 4.69) is 45.9 Å². The molecule has 33 heavy (non-hydrogen) atoms. The van der Waals surface area contributed by atoms with Crippen molar-refractivity contribution < 1.29 is 9.18 Å². The van der Waals surface area contributed by atoms with E-state index < -0.39 is 0 Å². The van der Waals surface area contributed by atoms with Gasteiger partial charge in [0.2, 0.25) is 0 Å². The smallest absolute Gasteiger partial charge is 0.319 e. The van der Waals surface area contributed by atoms with Gasteiger partial charge in [0.1, 0.15) is 5.82 Å². The van der Waals surface area contributed by atoms with Crippen LogP contribution >= 0.6 is 0 Å². The molecule has 1 aliphatic heterocycles. The van der Waals surface area contributed by atoms with Crippen LogP contribution in [0.5, 0.6) is 0 Å². The minimum Gasteiger partial charge on any atom is -0.338 e. The van der Waals surface area contributed by atoms with E-state index in [0.717, 1.165) is 37.9 Å². The molecule has 0 saturated carbocycles. The van der Waals surface area contributed by atoms with E-state index >= 15 is 0 Å². The van der Waals surface area contributed by atoms with Gasteiger partial charge in [-0.05, 0) is 72.4 Å². The van der Waals surface area contributed by atoms with Crippen LogP contribution in [0.2, 0.25) is 0 Å². The molecule has 1 aliphatic rings. The van der Waals surface area contributed by atoms with Gasteiger partial charge in [-0.2, -0.15) is 5.26 Å². The van der Waals surface area contributed by atoms with Crippen LogP contribution in [-0.4, -0.2) is 30.1 Å². The molecular weight excluding hydrogens is 415 g/mol. The first-order valence-electron chi connectivity index (χ1n) is 11.2. The zero-order valence-electron chi connectivity index (χ0n) is 18.4. The lowest BCUT2D eigenvalue weighted by Crippen LogP contribution is -2.43. The van der Waals surface area contributed by atoms with Crippen molar-refractivity contribution >= 4 is 11.7 Å². The molecule has 0 radical (unpaired) electrons. The number of nitrogens with zero attached hydrogens (tertiary/aromatic N) is 2. The average Bonchev–Trinajstić information content (AvgIpc) is 2.84. The third-order valence-corrected chi connectivity index (χ3v) is 6.03. The lowest BCUT2D eigenvalue weighted by Gasteiger charge is -2.37. The summed E-state index contributed by atoms with van der Waals surface area (Å²) in [6.45, 7) is 2.29. The maximum Gasteiger partial charge on any atom is 0.319 e. The van der Waals surface area contributed by atoms with E-state index in [4.69, 9.17) is 5.26 Å². The van der Waals surface area contributed by atoms with E-state index in [-0.39, 0.29) is 11.8 Å². The topological polar surface area (TPSA) is 68.2 Å². The number of hydrogen-bond acceptors (Lipinski definition) is 3. The number of rotatable bonds is 7. The summed E-state index contributed by atoms with van der Waals surface area (Å²) in [6.07, 6.45) is 2.64. The molecule has 0 aliphatic carbocycles. The highest BCUT2D eigenvalue weighted by atomic mass is 19.1. The molecule has 0 saturated heterocycles. The molecule has 0 aromatic heterocycles. The van der Waals surface area contributed by atoms with Crippen LogP contribution in [0.15, 0.2) is 72.8 Å². The lowest BCUT2D eigenvalue weighted by molar-refractivity contribution is 0.168. The van der Waals surface area contributed by atoms with Gasteiger partial charge in [-0.3, -0.25) is 4.90 Å². The average molecular weight is 443 g/mol. The van der Waals surface area contributed by atoms with Gasteiger partial charge >= 0.3 is 6.03 Å². The first-order valence-corrected chi connectivity index (χ1v) is 11.2. The molecule has 0 fully saturated rings. The Bertz CT molecular complexity index is 1120. The largest absolute Gasteiger partial charge is 0.338 e. The summed E-state index contributed by atoms with van der Waals surface area (Å²) in [5.74, 6) is -0.213. The summed E-state index contributed by atoms with van der Waals surface area (Å²) in [5, 5.41) is 14.6. The van der Waals surface area contributed by atoms with Crippen LogP contribution in [0.4, 0.5) is 14.9 Å². The summed E-state index contributed by atoms with van der Waals surface area (Å²) in [7, 11) is 0. The third-order valence-electron chi connectivity index (χ3n) is 6.03. The SMILES string of the molecule is N#Cc1ccc(NC(=O)NCCCN2Cc3ccccc3CC2Cc2ccc(F)cc2)cc1. The first-order chi connectivity index (χ1) is 16.1. The van der Waals surface area contributed by atoms with E-state index in [1.807, 2.05) is 12.1 Å². The normalized spacial score (nSPS) is 15.3. The van der Waals surface area contributed by atoms with Gasteiger partial charge in [-0.25, -0.2) is 9.18 Å². The number of urea groups is 1. The highest BCUT2D eigenvalue weighted by molar-refractivity contribution is 5.89. The molecule has 1 atom stereocenters. The molecule has 1 unspecified atom stereocenters. The van der Waals surface area contributed by atoms with E-state index in [1.54, 1.807) is 24.3 Å². The number of nitrogens with one attached hydrogen (secondary N) is 2. The van der Waals surface area contributed by atoms with Crippen molar-refractivity contribution in [3.63, 3.8) is 0 Å². The van der Waals surface area contributed by atoms with Gasteiger partial charge in [0, 0.05) is 31.4 Å². The Labute approximate surface area is 193 Å². The van der Waals surface area contributed by atoms with Gasteiger partial charge in [0.15, 0.2) is 0 Å². The van der Waals surface area contributed by atoms with Crippen molar-refractivity contribution in [2.75, 3.05) is 18.4 Å². The van der Waals surface area contributed by atoms with E-state index in [9.17, 15) is 9.18 Å². The number of benzene rings is 3. The Balaban J connectivity index is 1.31. The van der Waals surface area contributed by atoms with Crippen molar-refractivity contribution in [1.29, 1.82) is 5.26 Å². The highest BCUT2D eigenvalue weighted by Gasteiger charge is 2.25. The molecule has 1 heterocycles. The fraction of sp³-hybridized carbons (Fsp3) is 0.259. The molecule has 5 nitrogen and oxygen atoms in total. The second-order valence-electron chi connectivity index (χ2n) is 8.35. The van der Waals surface area contributed by atoms with Crippen LogP contribution in [0.25, 0.3) is 0 Å². The molecule has 0 bridgehead atoms. The van der Waals surface area contributed by atoms with Crippen LogP contribution in [0.3, 0.4) is 0 Å². The highest BCUT2D eigenvalue weighted by Crippen LogP contribution is 2.25. The number of hydrogen-bond donors (Lipinski definition) is 2. The van der Waals surface area contributed by atoms with E-state index in [1.165, 1.54) is 23.3 Å². The quantitative estimate of drug-likeness (QED) is 0.513. The molecular formula is C27H27FN4O. The molecule has 4 rings (SSSR count). The second kappa shape index (κ2) is 10.8. The summed E-state index contributed by atoms with van der Waals surface area (Å²) in [6, 6.07) is 24.2. The Kier molecular flexibility index (Phi) is 7.33. The minimum atomic E-state index is -0.258. The van der Waals surface area contributed by atoms with Gasteiger partial charge in [0.25, 0.3) is 0 Å². The summed E-state index contributed by atoms with van der Waals surface area (Å²) >= 11 is 0. The van der Waals surface area contributed by atoms with Crippen molar-refractivity contribution in [1.82, 2.24) is 10.2 Å². The predicted molar refractivity (Wildman–Crippen MR) is 127 cm³/mol. The number of fused-ring (bicyclic) bond motifs is 1. The van der Waals surface area contributed by atoms with Gasteiger partial charge in [-0.1, -0.05) is 36.4 Å². The molecule has 3 aromatic rings. The molecule has 2 N–H and O–H groups in total. The summed E-state index contributed by atoms with van der Waals surface area (Å²) < 4.78 is 13.3. The molecule has 168 valence electrons. The molecule has 3 aromatic carbocycles. The minimum absolute atomic E-state index is 0.213. The van der Waals surface area contributed by atoms with Crippen LogP contribution in [0.1, 0.15) is 28.7 Å². The summed E-state index contributed by atoms with van der Waals surface area (Å²) in [4.78, 5) is 14.6. The predicted octanol–water partition coefficient (Wildman–Crippen LogP) is 4.88. The van der Waals surface area contributed by atoms with Crippen LogP contribution in [0, 0.1) is 17.1 Å². The second-order valence-corrected chi connectivity index (χ2v) is 8.35. The standard InChI is InChI=1S/C27H27FN4O/c28-24-10-6-20(7-11-24)16-26-17-22-4-1-2-5-23(22)19-32(26)15-3-14-30-27(33)31-25-12-8-21(18-29)9-13-25/h1-2,4-13,26H,3,14-17,19H2,(H2,30,31,33). The number of halogens is 1. The van der Waals surface area contributed by atoms with Crippen LogP contribution < -0.4 is 10.6 Å². The number of nitriles is 1. The van der Waals surface area contributed by atoms with Crippen molar-refractivity contribution in [3.05, 3.63) is 101 Å². The van der Waals surface area contributed by atoms with Crippen molar-refractivity contribution in [3.8, 4) is 6.07 Å². The monoisotopic (exact) mass is 442 g/mol. The molecule has 0 spiro atoms. The number of anilines is 1. The first kappa shape index (κ1) is 22.5. The Morgan fingerprint density at radius 2 is 1.76 bits per heavy atom. The van der Waals surface area contributed by atoms with E-state index in [0.29, 0.717) is 23.8 Å². The zero-order valence-corrected chi connectivity index (χ0v) is 18.4. The number of amides is 2. The summed E-state index contributed by atoms with van der Waals surface area (Å²) in [5.41, 5.74) is 5.06. The van der Waals surface area contributed by atoms with Crippen molar-refractivity contribution in [2.45, 2.75) is 31.8 Å². The lowest BCUT2D eigenvalue weighted by atomic mass is 9.90. The van der Waals surface area contributed by atoms with Gasteiger partial charge in [-0.15, -0.1) is 0 Å². The fourth-order valence-corrected chi connectivity index (χ4v) is 4.28. The van der Waals surface area contributed by atoms with Crippen molar-refractivity contribution in [2.24, 2.45) is 0 Å². The maximum absolute atomic E-state index is 13.3. The Morgan fingerprint density at radius 1 is 1.03 bits per heavy atom. The van der Waals surface area contributed by atoms with Gasteiger partial charge < -0.3 is 10.6 Å². The van der Waals surface area contributed by atoms with Gasteiger partial charge in [0.05, 0.1) is 11.6 Å². The molecule has 2 amide bonds. The van der Waals surface area contributed by atoms with Crippen LogP contribution in [-0.2, 0) is 19.4 Å². The Morgan fingerprint density at radius 3 is 2.48 bits per heavy atom. The number of carbonyl (C=O) groups is 1. The third kappa shape index (κ3) is 6.18. The number of carbonyl (C=O) groups excluding carboxylic acids is 1. The fourth-order valence-electron chi connectivity index (χ4n) is 4.28. The maximum atomic E-state index is 13.3.